The molecule has 0 aromatic rings. The summed E-state index contributed by atoms with van der Waals surface area (Å²) in [4.78, 5) is 5.18. The highest BCUT2D eigenvalue weighted by Crippen LogP contribution is 2.07. The molecule has 3 nitrogen and oxygen atoms in total. The largest absolute Gasteiger partial charge is 0.315 e. The molecular weight excluding hydrogens is 198 g/mol. The Balaban J connectivity index is 1.37. The Bertz CT molecular complexity index is 152. The molecule has 2 fully saturated rings. The van der Waals surface area contributed by atoms with Gasteiger partial charge in [0.05, 0.1) is 0 Å². The van der Waals surface area contributed by atoms with Gasteiger partial charge in [-0.25, -0.2) is 0 Å². The molecular formula is C13H27N3. The maximum Gasteiger partial charge on any atom is 0.0107 e. The first-order chi connectivity index (χ1) is 7.95. The van der Waals surface area contributed by atoms with Gasteiger partial charge in [0.2, 0.25) is 0 Å². The lowest BCUT2D eigenvalue weighted by Gasteiger charge is -2.16. The van der Waals surface area contributed by atoms with Crippen LogP contribution in [0.3, 0.4) is 0 Å². The molecule has 0 bridgehead atoms. The molecule has 2 heterocycles. The zero-order valence-corrected chi connectivity index (χ0v) is 10.6. The number of hydrogen-bond donors (Lipinski definition) is 1. The fourth-order valence-corrected chi connectivity index (χ4v) is 2.80. The van der Waals surface area contributed by atoms with E-state index in [0.717, 1.165) is 0 Å². The predicted octanol–water partition coefficient (Wildman–Crippen LogP) is 1.16. The van der Waals surface area contributed by atoms with Gasteiger partial charge in [-0.15, -0.1) is 0 Å². The van der Waals surface area contributed by atoms with Gasteiger partial charge in [-0.1, -0.05) is 0 Å². The zero-order valence-electron chi connectivity index (χ0n) is 10.6. The maximum atomic E-state index is 3.57. The van der Waals surface area contributed by atoms with E-state index < -0.39 is 0 Å². The van der Waals surface area contributed by atoms with Gasteiger partial charge in [0.15, 0.2) is 0 Å². The molecule has 0 unspecified atom stereocenters. The van der Waals surface area contributed by atoms with Crippen molar-refractivity contribution in [1.82, 2.24) is 15.1 Å². The van der Waals surface area contributed by atoms with E-state index in [1.54, 1.807) is 0 Å². The molecule has 0 radical (unpaired) electrons. The topological polar surface area (TPSA) is 18.5 Å². The standard InChI is InChI=1S/C13H27N3/c1-2-9-15(8-1)12-5-6-14-7-13-16-10-3-4-11-16/h14H,1-13H2. The molecule has 0 aromatic heterocycles. The van der Waals surface area contributed by atoms with E-state index in [2.05, 4.69) is 15.1 Å². The van der Waals surface area contributed by atoms with Crippen molar-refractivity contribution in [3.8, 4) is 0 Å². The van der Waals surface area contributed by atoms with Gasteiger partial charge >= 0.3 is 0 Å². The third-order valence-electron chi connectivity index (χ3n) is 3.83. The summed E-state index contributed by atoms with van der Waals surface area (Å²) >= 11 is 0. The minimum atomic E-state index is 1.18. The summed E-state index contributed by atoms with van der Waals surface area (Å²) in [5.41, 5.74) is 0. The third kappa shape index (κ3) is 4.40. The van der Waals surface area contributed by atoms with E-state index >= 15 is 0 Å². The summed E-state index contributed by atoms with van der Waals surface area (Å²) in [6, 6.07) is 0. The minimum absolute atomic E-state index is 1.18. The van der Waals surface area contributed by atoms with Crippen molar-refractivity contribution in [3.63, 3.8) is 0 Å². The summed E-state index contributed by atoms with van der Waals surface area (Å²) in [5, 5.41) is 3.57. The normalized spacial score (nSPS) is 23.2. The number of nitrogens with one attached hydrogen (secondary N) is 1. The van der Waals surface area contributed by atoms with Gasteiger partial charge in [-0.05, 0) is 71.4 Å². The molecule has 2 rings (SSSR count). The van der Waals surface area contributed by atoms with E-state index in [1.807, 2.05) is 0 Å². The van der Waals surface area contributed by atoms with Crippen LogP contribution < -0.4 is 5.32 Å². The molecule has 2 aliphatic rings. The molecule has 0 aliphatic carbocycles. The van der Waals surface area contributed by atoms with Gasteiger partial charge < -0.3 is 15.1 Å². The van der Waals surface area contributed by atoms with Crippen molar-refractivity contribution in [2.24, 2.45) is 0 Å². The van der Waals surface area contributed by atoms with Crippen LogP contribution in [0.2, 0.25) is 0 Å². The van der Waals surface area contributed by atoms with Crippen molar-refractivity contribution < 1.29 is 0 Å². The Morgan fingerprint density at radius 1 is 0.688 bits per heavy atom. The Morgan fingerprint density at radius 3 is 1.88 bits per heavy atom. The molecule has 1 N–H and O–H groups in total. The van der Waals surface area contributed by atoms with Crippen molar-refractivity contribution in [2.45, 2.75) is 32.1 Å². The summed E-state index contributed by atoms with van der Waals surface area (Å²) in [5.74, 6) is 0. The van der Waals surface area contributed by atoms with Crippen molar-refractivity contribution in [3.05, 3.63) is 0 Å². The fourth-order valence-electron chi connectivity index (χ4n) is 2.80. The quantitative estimate of drug-likeness (QED) is 0.656. The molecule has 2 saturated heterocycles. The highest BCUT2D eigenvalue weighted by Gasteiger charge is 2.11. The highest BCUT2D eigenvalue weighted by molar-refractivity contribution is 4.68. The second kappa shape index (κ2) is 7.25. The van der Waals surface area contributed by atoms with Gasteiger partial charge in [-0.2, -0.15) is 0 Å². The Morgan fingerprint density at radius 2 is 1.25 bits per heavy atom. The van der Waals surface area contributed by atoms with E-state index in [0.29, 0.717) is 0 Å². The van der Waals surface area contributed by atoms with Crippen LogP contribution in [-0.2, 0) is 0 Å². The zero-order chi connectivity index (χ0) is 11.1. The third-order valence-corrected chi connectivity index (χ3v) is 3.83. The van der Waals surface area contributed by atoms with Gasteiger partial charge in [0, 0.05) is 13.1 Å². The second-order valence-electron chi connectivity index (χ2n) is 5.20. The van der Waals surface area contributed by atoms with Crippen LogP contribution in [0.1, 0.15) is 32.1 Å². The summed E-state index contributed by atoms with van der Waals surface area (Å²) in [7, 11) is 0. The lowest BCUT2D eigenvalue weighted by molar-refractivity contribution is 0.319. The van der Waals surface area contributed by atoms with Gasteiger partial charge in [0.1, 0.15) is 0 Å². The smallest absolute Gasteiger partial charge is 0.0107 e. The van der Waals surface area contributed by atoms with Crippen LogP contribution in [0.15, 0.2) is 0 Å². The molecule has 16 heavy (non-hydrogen) atoms. The Kier molecular flexibility index (Phi) is 5.59. The number of likely N-dealkylation sites (tertiary alicyclic amines) is 2. The van der Waals surface area contributed by atoms with Crippen LogP contribution in [0, 0.1) is 0 Å². The van der Waals surface area contributed by atoms with Crippen LogP contribution >= 0.6 is 0 Å². The summed E-state index contributed by atoms with van der Waals surface area (Å²) < 4.78 is 0. The van der Waals surface area contributed by atoms with Crippen molar-refractivity contribution >= 4 is 0 Å². The van der Waals surface area contributed by atoms with Crippen molar-refractivity contribution in [2.75, 3.05) is 52.4 Å². The monoisotopic (exact) mass is 225 g/mol. The lowest BCUT2D eigenvalue weighted by atomic mass is 10.4. The average molecular weight is 225 g/mol. The molecule has 0 aromatic carbocycles. The van der Waals surface area contributed by atoms with E-state index in [9.17, 15) is 0 Å². The summed E-state index contributed by atoms with van der Waals surface area (Å²) in [6.07, 6.45) is 6.98. The predicted molar refractivity (Wildman–Crippen MR) is 68.8 cm³/mol. The highest BCUT2D eigenvalue weighted by atomic mass is 15.2. The van der Waals surface area contributed by atoms with Crippen LogP contribution in [0.4, 0.5) is 0 Å². The first kappa shape index (κ1) is 12.3. The minimum Gasteiger partial charge on any atom is -0.315 e. The molecule has 3 heteroatoms. The number of nitrogens with zero attached hydrogens (tertiary/aromatic N) is 2. The maximum absolute atomic E-state index is 3.57. The SMILES string of the molecule is C1CCN(CCCNCCN2CCCC2)C1. The fraction of sp³-hybridized carbons (Fsp3) is 1.00. The van der Waals surface area contributed by atoms with Crippen LogP contribution in [-0.4, -0.2) is 62.2 Å². The van der Waals surface area contributed by atoms with E-state index in [4.69, 9.17) is 0 Å². The summed E-state index contributed by atoms with van der Waals surface area (Å²) in [6.45, 7) is 10.3. The first-order valence-corrected chi connectivity index (χ1v) is 7.10. The molecule has 0 atom stereocenters. The van der Waals surface area contributed by atoms with Crippen molar-refractivity contribution in [1.29, 1.82) is 0 Å². The van der Waals surface area contributed by atoms with E-state index in [-0.39, 0.29) is 0 Å². The van der Waals surface area contributed by atoms with Crippen LogP contribution in [0.5, 0.6) is 0 Å². The molecule has 0 amide bonds. The second-order valence-corrected chi connectivity index (χ2v) is 5.20. The molecule has 0 saturated carbocycles. The Labute approximate surface area is 100 Å². The first-order valence-electron chi connectivity index (χ1n) is 7.10. The number of hydrogen-bond acceptors (Lipinski definition) is 3. The van der Waals surface area contributed by atoms with Crippen LogP contribution in [0.25, 0.3) is 0 Å². The van der Waals surface area contributed by atoms with Gasteiger partial charge in [-0.3, -0.25) is 0 Å². The average Bonchev–Trinajstić information content (AvgIpc) is 2.96. The molecule has 2 aliphatic heterocycles. The Hall–Kier alpha value is -0.120. The lowest BCUT2D eigenvalue weighted by Crippen LogP contribution is -2.31. The molecule has 94 valence electrons. The number of rotatable bonds is 7. The van der Waals surface area contributed by atoms with E-state index in [1.165, 1.54) is 84.5 Å². The molecule has 0 spiro atoms. The van der Waals surface area contributed by atoms with Gasteiger partial charge in [0.25, 0.3) is 0 Å².